The molecular formula is C24H24F4N6O. The zero-order valence-corrected chi connectivity index (χ0v) is 18.9. The summed E-state index contributed by atoms with van der Waals surface area (Å²) < 4.78 is 58.4. The summed E-state index contributed by atoms with van der Waals surface area (Å²) in [7, 11) is 0. The van der Waals surface area contributed by atoms with Gasteiger partial charge in [0.15, 0.2) is 11.6 Å². The van der Waals surface area contributed by atoms with Gasteiger partial charge in [-0.05, 0) is 47.9 Å². The minimum absolute atomic E-state index is 0.157. The number of halogens is 4. The number of hydrogen-bond acceptors (Lipinski definition) is 7. The lowest BCUT2D eigenvalue weighted by atomic mass is 10.0. The molecule has 0 amide bonds. The number of benzene rings is 2. The van der Waals surface area contributed by atoms with E-state index < -0.39 is 17.6 Å². The monoisotopic (exact) mass is 488 g/mol. The highest BCUT2D eigenvalue weighted by atomic mass is 19.4. The van der Waals surface area contributed by atoms with Gasteiger partial charge in [0.2, 0.25) is 5.95 Å². The minimum Gasteiger partial charge on any atom is -0.378 e. The van der Waals surface area contributed by atoms with Crippen molar-refractivity contribution in [2.45, 2.75) is 19.5 Å². The van der Waals surface area contributed by atoms with Crippen molar-refractivity contribution in [2.75, 3.05) is 41.9 Å². The molecule has 1 saturated heterocycles. The number of morpholine rings is 1. The Bertz CT molecular complexity index is 1190. The Morgan fingerprint density at radius 1 is 1.11 bits per heavy atom. The number of aromatic nitrogens is 2. The van der Waals surface area contributed by atoms with Gasteiger partial charge in [0.25, 0.3) is 0 Å². The first-order chi connectivity index (χ1) is 16.8. The van der Waals surface area contributed by atoms with Gasteiger partial charge in [-0.3, -0.25) is 0 Å². The zero-order valence-electron chi connectivity index (χ0n) is 18.9. The third-order valence-electron chi connectivity index (χ3n) is 5.41. The lowest BCUT2D eigenvalue weighted by molar-refractivity contribution is -0.137. The highest BCUT2D eigenvalue weighted by Crippen LogP contribution is 2.31. The largest absolute Gasteiger partial charge is 0.416 e. The number of anilines is 4. The minimum atomic E-state index is -4.41. The lowest BCUT2D eigenvalue weighted by Crippen LogP contribution is -2.37. The van der Waals surface area contributed by atoms with Crippen LogP contribution in [0.2, 0.25) is 0 Å². The molecule has 0 unspecified atom stereocenters. The van der Waals surface area contributed by atoms with E-state index in [1.807, 2.05) is 19.1 Å². The lowest BCUT2D eigenvalue weighted by Gasteiger charge is -2.27. The first-order valence-electron chi connectivity index (χ1n) is 11.0. The maximum absolute atomic E-state index is 14.2. The quantitative estimate of drug-likeness (QED) is 0.270. The van der Waals surface area contributed by atoms with Crippen LogP contribution in [0.15, 0.2) is 53.8 Å². The van der Waals surface area contributed by atoms with Crippen molar-refractivity contribution in [1.29, 1.82) is 0 Å². The fraction of sp³-hybridized carbons (Fsp3) is 0.292. The van der Waals surface area contributed by atoms with Gasteiger partial charge >= 0.3 is 6.18 Å². The van der Waals surface area contributed by atoms with Crippen LogP contribution in [0.3, 0.4) is 0 Å². The molecule has 1 fully saturated rings. The van der Waals surface area contributed by atoms with Crippen molar-refractivity contribution in [3.8, 4) is 0 Å². The predicted molar refractivity (Wildman–Crippen MR) is 127 cm³/mol. The average molecular weight is 488 g/mol. The van der Waals surface area contributed by atoms with E-state index in [9.17, 15) is 17.6 Å². The molecular weight excluding hydrogens is 464 g/mol. The van der Waals surface area contributed by atoms with E-state index in [0.717, 1.165) is 29.5 Å². The van der Waals surface area contributed by atoms with Crippen molar-refractivity contribution in [3.63, 3.8) is 0 Å². The Balaban J connectivity index is 1.45. The first-order valence-corrected chi connectivity index (χ1v) is 11.0. The third-order valence-corrected chi connectivity index (χ3v) is 5.41. The van der Waals surface area contributed by atoms with E-state index in [0.29, 0.717) is 44.1 Å². The molecule has 0 saturated carbocycles. The molecule has 3 aromatic rings. The van der Waals surface area contributed by atoms with Crippen molar-refractivity contribution < 1.29 is 22.3 Å². The van der Waals surface area contributed by atoms with Gasteiger partial charge in [-0.2, -0.15) is 23.3 Å². The number of nitrogens with zero attached hydrogens (tertiary/aromatic N) is 4. The topological polar surface area (TPSA) is 74.7 Å². The van der Waals surface area contributed by atoms with Crippen molar-refractivity contribution in [2.24, 2.45) is 5.10 Å². The molecule has 0 bridgehead atoms. The Labute approximate surface area is 199 Å². The molecule has 1 aliphatic rings. The molecule has 35 heavy (non-hydrogen) atoms. The van der Waals surface area contributed by atoms with Gasteiger partial charge in [0.05, 0.1) is 31.2 Å². The Hall–Kier alpha value is -3.73. The summed E-state index contributed by atoms with van der Waals surface area (Å²) in [4.78, 5) is 9.95. The number of aryl methyl sites for hydroxylation is 1. The maximum atomic E-state index is 14.2. The summed E-state index contributed by atoms with van der Waals surface area (Å²) in [5, 5.41) is 7.19. The molecule has 0 atom stereocenters. The molecule has 7 nitrogen and oxygen atoms in total. The summed E-state index contributed by atoms with van der Waals surface area (Å²) in [6.45, 7) is 4.05. The predicted octanol–water partition coefficient (Wildman–Crippen LogP) is 5.22. The second-order valence-corrected chi connectivity index (χ2v) is 7.81. The Morgan fingerprint density at radius 2 is 1.89 bits per heavy atom. The third kappa shape index (κ3) is 6.24. The summed E-state index contributed by atoms with van der Waals surface area (Å²) in [5.74, 6) is -0.163. The highest BCUT2D eigenvalue weighted by molar-refractivity contribution is 5.83. The molecule has 1 aromatic heterocycles. The molecule has 184 valence electrons. The van der Waals surface area contributed by atoms with Crippen LogP contribution < -0.4 is 15.6 Å². The van der Waals surface area contributed by atoms with Crippen molar-refractivity contribution in [3.05, 3.63) is 71.2 Å². The number of ether oxygens (including phenoxy) is 1. The van der Waals surface area contributed by atoms with Gasteiger partial charge in [-0.1, -0.05) is 19.1 Å². The number of nitrogens with one attached hydrogen (secondary N) is 2. The number of hydrazone groups is 1. The maximum Gasteiger partial charge on any atom is 0.416 e. The molecule has 11 heteroatoms. The van der Waals surface area contributed by atoms with Crippen LogP contribution in [0.1, 0.15) is 23.6 Å². The molecule has 1 aliphatic heterocycles. The molecule has 0 radical (unpaired) electrons. The Kier molecular flexibility index (Phi) is 7.45. The summed E-state index contributed by atoms with van der Waals surface area (Å²) in [6, 6.07) is 10.5. The molecule has 0 spiro atoms. The normalized spacial score (nSPS) is 14.4. The fourth-order valence-corrected chi connectivity index (χ4v) is 3.62. The van der Waals surface area contributed by atoms with Gasteiger partial charge in [0.1, 0.15) is 0 Å². The standard InChI is InChI=1S/C24H24F4N6O/c1-2-16-12-20(31-19-5-3-4-18(13-19)24(26,27)28)7-6-17(16)14-30-33-23-29-15-21(25)22(32-23)34-8-10-35-11-9-34/h3-7,12-15,31H,2,8-11H2,1H3,(H,29,32,33)/b30-14-. The van der Waals surface area contributed by atoms with Gasteiger partial charge in [-0.15, -0.1) is 0 Å². The number of alkyl halides is 3. The van der Waals surface area contributed by atoms with E-state index in [1.54, 1.807) is 23.2 Å². The fourth-order valence-electron chi connectivity index (χ4n) is 3.62. The van der Waals surface area contributed by atoms with Crippen LogP contribution in [-0.2, 0) is 17.3 Å². The molecule has 4 rings (SSSR count). The van der Waals surface area contributed by atoms with Gasteiger partial charge in [0, 0.05) is 24.5 Å². The van der Waals surface area contributed by atoms with E-state index >= 15 is 0 Å². The SMILES string of the molecule is CCc1cc(Nc2cccc(C(F)(F)F)c2)ccc1/C=N\Nc1ncc(F)c(N2CCOCC2)n1. The van der Waals surface area contributed by atoms with Crippen LogP contribution >= 0.6 is 0 Å². The molecule has 2 N–H and O–H groups in total. The second kappa shape index (κ2) is 10.7. The summed E-state index contributed by atoms with van der Waals surface area (Å²) in [5.41, 5.74) is 4.75. The van der Waals surface area contributed by atoms with Crippen LogP contribution in [0.4, 0.5) is 40.7 Å². The number of rotatable bonds is 7. The van der Waals surface area contributed by atoms with Crippen LogP contribution in [-0.4, -0.2) is 42.5 Å². The molecule has 2 heterocycles. The first kappa shape index (κ1) is 24.4. The van der Waals surface area contributed by atoms with Gasteiger partial charge in [-0.25, -0.2) is 14.8 Å². The Morgan fingerprint density at radius 3 is 2.63 bits per heavy atom. The van der Waals surface area contributed by atoms with Crippen LogP contribution in [0.25, 0.3) is 0 Å². The van der Waals surface area contributed by atoms with E-state index in [2.05, 4.69) is 25.8 Å². The van der Waals surface area contributed by atoms with Crippen LogP contribution in [0.5, 0.6) is 0 Å². The van der Waals surface area contributed by atoms with E-state index in [-0.39, 0.29) is 11.8 Å². The van der Waals surface area contributed by atoms with Crippen molar-refractivity contribution >= 4 is 29.4 Å². The summed E-state index contributed by atoms with van der Waals surface area (Å²) in [6.07, 6.45) is -1.04. The number of hydrogen-bond donors (Lipinski definition) is 2. The smallest absolute Gasteiger partial charge is 0.378 e. The second-order valence-electron chi connectivity index (χ2n) is 7.81. The summed E-state index contributed by atoms with van der Waals surface area (Å²) >= 11 is 0. The molecule has 2 aromatic carbocycles. The van der Waals surface area contributed by atoms with Crippen molar-refractivity contribution in [1.82, 2.24) is 9.97 Å². The average Bonchev–Trinajstić information content (AvgIpc) is 2.86. The van der Waals surface area contributed by atoms with Crippen LogP contribution in [0, 0.1) is 5.82 Å². The highest BCUT2D eigenvalue weighted by Gasteiger charge is 2.30. The van der Waals surface area contributed by atoms with E-state index in [4.69, 9.17) is 4.74 Å². The van der Waals surface area contributed by atoms with Gasteiger partial charge < -0.3 is 15.0 Å². The van der Waals surface area contributed by atoms with E-state index in [1.165, 1.54) is 6.07 Å². The zero-order chi connectivity index (χ0) is 24.8. The molecule has 0 aliphatic carbocycles.